The van der Waals surface area contributed by atoms with E-state index in [2.05, 4.69) is 4.37 Å². The summed E-state index contributed by atoms with van der Waals surface area (Å²) in [6.07, 6.45) is 0. The first kappa shape index (κ1) is 13.5. The number of aryl methyl sites for hydroxylation is 1. The summed E-state index contributed by atoms with van der Waals surface area (Å²) in [5.41, 5.74) is 5.50. The molecule has 0 saturated heterocycles. The minimum absolute atomic E-state index is 0.0746. The van der Waals surface area contributed by atoms with Crippen LogP contribution in [0.4, 0.5) is 15.8 Å². The molecule has 1 heterocycles. The summed E-state index contributed by atoms with van der Waals surface area (Å²) in [5, 5.41) is 10.5. The predicted molar refractivity (Wildman–Crippen MR) is 69.4 cm³/mol. The lowest BCUT2D eigenvalue weighted by molar-refractivity contribution is -0.386. The Morgan fingerprint density at radius 2 is 2.26 bits per heavy atom. The number of nitro groups is 1. The fourth-order valence-electron chi connectivity index (χ4n) is 1.38. The quantitative estimate of drug-likeness (QED) is 0.532. The molecular weight excluding hydrogens is 297 g/mol. The Morgan fingerprint density at radius 3 is 2.89 bits per heavy atom. The first-order valence-electron chi connectivity index (χ1n) is 4.93. The summed E-state index contributed by atoms with van der Waals surface area (Å²) in [7, 11) is 0. The summed E-state index contributed by atoms with van der Waals surface area (Å²) in [6, 6.07) is 2.31. The number of ether oxygens (including phenoxy) is 1. The number of aromatic nitrogens is 1. The third-order valence-electron chi connectivity index (χ3n) is 2.20. The highest BCUT2D eigenvalue weighted by atomic mass is 35.5. The van der Waals surface area contributed by atoms with Gasteiger partial charge in [0.25, 0.3) is 5.06 Å². The van der Waals surface area contributed by atoms with Crippen molar-refractivity contribution >= 4 is 34.5 Å². The monoisotopic (exact) mass is 303 g/mol. The lowest BCUT2D eigenvalue weighted by atomic mass is 10.3. The van der Waals surface area contributed by atoms with E-state index in [4.69, 9.17) is 22.1 Å². The summed E-state index contributed by atoms with van der Waals surface area (Å²) in [6.45, 7) is 1.48. The van der Waals surface area contributed by atoms with Gasteiger partial charge in [0.2, 0.25) is 0 Å². The Balaban J connectivity index is 2.45. The van der Waals surface area contributed by atoms with Crippen molar-refractivity contribution in [3.63, 3.8) is 0 Å². The molecule has 2 rings (SSSR count). The van der Waals surface area contributed by atoms with E-state index in [0.717, 1.165) is 17.6 Å². The molecule has 100 valence electrons. The van der Waals surface area contributed by atoms with Crippen LogP contribution in [-0.4, -0.2) is 9.30 Å². The Morgan fingerprint density at radius 1 is 1.58 bits per heavy atom. The topological polar surface area (TPSA) is 91.3 Å². The van der Waals surface area contributed by atoms with Crippen molar-refractivity contribution < 1.29 is 14.1 Å². The predicted octanol–water partition coefficient (Wildman–Crippen LogP) is 3.53. The molecule has 0 aliphatic heterocycles. The van der Waals surface area contributed by atoms with E-state index in [9.17, 15) is 14.5 Å². The molecule has 19 heavy (non-hydrogen) atoms. The Bertz CT molecular complexity index is 662. The molecule has 9 heteroatoms. The van der Waals surface area contributed by atoms with Gasteiger partial charge in [-0.25, -0.2) is 4.39 Å². The Kier molecular flexibility index (Phi) is 3.54. The maximum absolute atomic E-state index is 13.4. The van der Waals surface area contributed by atoms with Crippen LogP contribution in [0.3, 0.4) is 0 Å². The number of nitrogens with zero attached hydrogens (tertiary/aromatic N) is 2. The molecule has 0 unspecified atom stereocenters. The third kappa shape index (κ3) is 2.59. The molecule has 0 spiro atoms. The van der Waals surface area contributed by atoms with E-state index >= 15 is 0 Å². The fraction of sp³-hybridized carbons (Fsp3) is 0.100. The van der Waals surface area contributed by atoms with Crippen molar-refractivity contribution in [1.29, 1.82) is 0 Å². The molecule has 0 fully saturated rings. The normalized spacial score (nSPS) is 10.5. The number of anilines is 1. The van der Waals surface area contributed by atoms with Gasteiger partial charge in [-0.3, -0.25) is 10.1 Å². The zero-order valence-corrected chi connectivity index (χ0v) is 11.1. The van der Waals surface area contributed by atoms with Crippen LogP contribution in [0.1, 0.15) is 5.69 Å². The van der Waals surface area contributed by atoms with Crippen LogP contribution in [0.5, 0.6) is 10.8 Å². The molecule has 1 aromatic heterocycles. The maximum atomic E-state index is 13.4. The number of halogens is 2. The van der Waals surface area contributed by atoms with Gasteiger partial charge < -0.3 is 10.5 Å². The minimum atomic E-state index is -0.763. The molecular formula is C10H7ClFN3O3S. The number of nitrogen functional groups attached to an aromatic ring is 1. The van der Waals surface area contributed by atoms with Crippen LogP contribution >= 0.6 is 23.1 Å². The second kappa shape index (κ2) is 4.98. The largest absolute Gasteiger partial charge is 0.437 e. The highest BCUT2D eigenvalue weighted by Gasteiger charge is 2.25. The first-order valence-corrected chi connectivity index (χ1v) is 6.08. The molecule has 0 saturated carbocycles. The number of hydrogen-bond acceptors (Lipinski definition) is 6. The van der Waals surface area contributed by atoms with Crippen molar-refractivity contribution in [3.05, 3.63) is 38.8 Å². The lowest BCUT2D eigenvalue weighted by Gasteiger charge is -2.06. The average molecular weight is 304 g/mol. The van der Waals surface area contributed by atoms with Crippen molar-refractivity contribution in [1.82, 2.24) is 4.37 Å². The van der Waals surface area contributed by atoms with Gasteiger partial charge in [-0.1, -0.05) is 11.6 Å². The molecule has 0 radical (unpaired) electrons. The summed E-state index contributed by atoms with van der Waals surface area (Å²) < 4.78 is 22.4. The summed E-state index contributed by atoms with van der Waals surface area (Å²) in [4.78, 5) is 10.3. The van der Waals surface area contributed by atoms with E-state index in [-0.39, 0.29) is 32.9 Å². The van der Waals surface area contributed by atoms with Crippen molar-refractivity contribution in [2.45, 2.75) is 6.92 Å². The molecule has 0 atom stereocenters. The zero-order chi connectivity index (χ0) is 14.2. The Labute approximate surface area is 115 Å². The van der Waals surface area contributed by atoms with E-state index in [1.54, 1.807) is 0 Å². The van der Waals surface area contributed by atoms with E-state index < -0.39 is 10.7 Å². The summed E-state index contributed by atoms with van der Waals surface area (Å²) >= 11 is 6.50. The average Bonchev–Trinajstić information content (AvgIpc) is 2.66. The van der Waals surface area contributed by atoms with Crippen LogP contribution in [0.15, 0.2) is 12.1 Å². The number of rotatable bonds is 3. The van der Waals surface area contributed by atoms with Gasteiger partial charge >= 0.3 is 5.69 Å². The highest BCUT2D eigenvalue weighted by Crippen LogP contribution is 2.41. The van der Waals surface area contributed by atoms with E-state index in [1.807, 2.05) is 0 Å². The zero-order valence-electron chi connectivity index (χ0n) is 9.52. The smallest absolute Gasteiger partial charge is 0.345 e. The summed E-state index contributed by atoms with van der Waals surface area (Å²) in [5.74, 6) is -0.855. The Hall–Kier alpha value is -1.93. The third-order valence-corrected chi connectivity index (χ3v) is 3.38. The van der Waals surface area contributed by atoms with E-state index in [1.165, 1.54) is 13.0 Å². The van der Waals surface area contributed by atoms with Gasteiger partial charge in [0, 0.05) is 23.3 Å². The van der Waals surface area contributed by atoms with Gasteiger partial charge in [0.05, 0.1) is 4.92 Å². The second-order valence-electron chi connectivity index (χ2n) is 3.58. The van der Waals surface area contributed by atoms with Crippen LogP contribution in [0.2, 0.25) is 5.02 Å². The lowest BCUT2D eigenvalue weighted by Crippen LogP contribution is -1.94. The van der Waals surface area contributed by atoms with Gasteiger partial charge in [-0.2, -0.15) is 4.37 Å². The highest BCUT2D eigenvalue weighted by molar-refractivity contribution is 7.08. The van der Waals surface area contributed by atoms with Crippen LogP contribution in [0, 0.1) is 22.9 Å². The van der Waals surface area contributed by atoms with Gasteiger partial charge in [0.1, 0.15) is 16.5 Å². The van der Waals surface area contributed by atoms with E-state index in [0.29, 0.717) is 0 Å². The van der Waals surface area contributed by atoms with Gasteiger partial charge in [-0.05, 0) is 13.0 Å². The number of nitrogens with two attached hydrogens (primary N) is 1. The second-order valence-corrected chi connectivity index (χ2v) is 4.69. The molecule has 0 bridgehead atoms. The number of benzene rings is 1. The standard InChI is InChI=1S/C10H7ClFN3O3S/c1-4-9(15(16)17)10(19-14-4)18-7-3-5(13)2-6(12)8(7)11/h2-3H,13H2,1H3. The molecule has 2 aromatic rings. The maximum Gasteiger partial charge on any atom is 0.345 e. The number of hydrogen-bond donors (Lipinski definition) is 1. The first-order chi connectivity index (χ1) is 8.90. The fourth-order valence-corrected chi connectivity index (χ4v) is 2.27. The minimum Gasteiger partial charge on any atom is -0.437 e. The van der Waals surface area contributed by atoms with Gasteiger partial charge in [0.15, 0.2) is 5.75 Å². The van der Waals surface area contributed by atoms with Crippen molar-refractivity contribution in [2.75, 3.05) is 5.73 Å². The molecule has 1 aromatic carbocycles. The molecule has 0 aliphatic rings. The van der Waals surface area contributed by atoms with Gasteiger partial charge in [-0.15, -0.1) is 0 Å². The SMILES string of the molecule is Cc1nsc(Oc2cc(N)cc(F)c2Cl)c1[N+](=O)[O-]. The van der Waals surface area contributed by atoms with Crippen LogP contribution < -0.4 is 10.5 Å². The van der Waals surface area contributed by atoms with Crippen LogP contribution in [0.25, 0.3) is 0 Å². The van der Waals surface area contributed by atoms with Crippen LogP contribution in [-0.2, 0) is 0 Å². The molecule has 0 aliphatic carbocycles. The molecule has 6 nitrogen and oxygen atoms in total. The van der Waals surface area contributed by atoms with Crippen molar-refractivity contribution in [2.24, 2.45) is 0 Å². The van der Waals surface area contributed by atoms with Crippen molar-refractivity contribution in [3.8, 4) is 10.8 Å². The molecule has 2 N–H and O–H groups in total. The molecule has 0 amide bonds.